The lowest BCUT2D eigenvalue weighted by Crippen LogP contribution is -2.52. The molecule has 4 atom stereocenters. The van der Waals surface area contributed by atoms with Crippen LogP contribution in [0.4, 0.5) is 0 Å². The molecule has 13 heavy (non-hydrogen) atoms. The molecule has 4 bridgehead atoms. The molecule has 0 aliphatic heterocycles. The molecule has 4 fully saturated rings. The van der Waals surface area contributed by atoms with Crippen molar-refractivity contribution in [3.8, 4) is 0 Å². The van der Waals surface area contributed by atoms with Gasteiger partial charge in [-0.3, -0.25) is 0 Å². The van der Waals surface area contributed by atoms with Gasteiger partial charge in [0.15, 0.2) is 0 Å². The van der Waals surface area contributed by atoms with Gasteiger partial charge < -0.3 is 5.11 Å². The molecule has 1 heteroatoms. The zero-order chi connectivity index (χ0) is 9.05. The molecule has 0 aromatic heterocycles. The SMILES string of the molecule is C/C=C1/C2C[C@@H]3C[C@H](C2)CC1([18OH])C3. The molecule has 1 nitrogen and oxygen atoms in total. The van der Waals surface area contributed by atoms with Crippen molar-refractivity contribution in [1.82, 2.24) is 0 Å². The fourth-order valence-electron chi connectivity index (χ4n) is 4.31. The predicted molar refractivity (Wildman–Crippen MR) is 52.3 cm³/mol. The fourth-order valence-corrected chi connectivity index (χ4v) is 4.31. The summed E-state index contributed by atoms with van der Waals surface area (Å²) in [5.74, 6) is 2.42. The topological polar surface area (TPSA) is 20.2 Å². The second-order valence-corrected chi connectivity index (χ2v) is 5.32. The number of rotatable bonds is 0. The summed E-state index contributed by atoms with van der Waals surface area (Å²) >= 11 is 0. The molecule has 0 heterocycles. The van der Waals surface area contributed by atoms with Gasteiger partial charge in [-0.1, -0.05) is 6.08 Å². The van der Waals surface area contributed by atoms with E-state index >= 15 is 0 Å². The number of hydrogen-bond donors (Lipinski definition) is 1. The lowest BCUT2D eigenvalue weighted by molar-refractivity contribution is -0.0763. The fraction of sp³-hybridized carbons (Fsp3) is 0.833. The van der Waals surface area contributed by atoms with Gasteiger partial charge in [-0.2, -0.15) is 0 Å². The Kier molecular flexibility index (Phi) is 1.48. The minimum Gasteiger partial charge on any atom is -0.385 e. The van der Waals surface area contributed by atoms with Crippen LogP contribution in [0.3, 0.4) is 0 Å². The van der Waals surface area contributed by atoms with Gasteiger partial charge in [0.1, 0.15) is 0 Å². The van der Waals surface area contributed by atoms with Gasteiger partial charge in [0, 0.05) is 0 Å². The molecule has 4 aliphatic carbocycles. The van der Waals surface area contributed by atoms with E-state index in [0.29, 0.717) is 0 Å². The second kappa shape index (κ2) is 2.38. The molecule has 0 radical (unpaired) electrons. The Morgan fingerprint density at radius 2 is 1.85 bits per heavy atom. The molecule has 1 N–H and O–H groups in total. The van der Waals surface area contributed by atoms with Crippen molar-refractivity contribution < 1.29 is 5.11 Å². The normalized spacial score (nSPS) is 56.2. The molecule has 0 aromatic carbocycles. The third-order valence-electron chi connectivity index (χ3n) is 4.44. The van der Waals surface area contributed by atoms with E-state index < -0.39 is 0 Å². The van der Waals surface area contributed by atoms with Crippen LogP contribution in [0, 0.1) is 17.8 Å². The highest BCUT2D eigenvalue weighted by atomic mass is 18.2. The van der Waals surface area contributed by atoms with Crippen LogP contribution in [0.1, 0.15) is 39.0 Å². The van der Waals surface area contributed by atoms with Crippen LogP contribution in [0.15, 0.2) is 11.6 Å². The van der Waals surface area contributed by atoms with E-state index in [0.717, 1.165) is 30.6 Å². The molecule has 4 rings (SSSR count). The first kappa shape index (κ1) is 8.05. The maximum Gasteiger partial charge on any atom is 0.0864 e. The summed E-state index contributed by atoms with van der Waals surface area (Å²) in [5, 5.41) is 10.5. The summed E-state index contributed by atoms with van der Waals surface area (Å²) in [6.07, 6.45) is 8.41. The monoisotopic (exact) mass is 180 g/mol. The standard InChI is InChI=1S/C12H18O/c1-2-11-10-4-8-3-9(5-10)7-12(11,13)6-8/h2,8-10,13H,3-7H2,1H3/b11-2-/t8-,9+,10?,12?/i13+2. The van der Waals surface area contributed by atoms with E-state index in [4.69, 9.17) is 0 Å². The third kappa shape index (κ3) is 0.969. The lowest BCUT2D eigenvalue weighted by atomic mass is 9.52. The van der Waals surface area contributed by atoms with Gasteiger partial charge in [0.05, 0.1) is 5.60 Å². The van der Waals surface area contributed by atoms with Crippen molar-refractivity contribution >= 4 is 0 Å². The quantitative estimate of drug-likeness (QED) is 0.448. The van der Waals surface area contributed by atoms with E-state index in [1.807, 2.05) is 0 Å². The molecule has 0 aromatic rings. The third-order valence-corrected chi connectivity index (χ3v) is 4.44. The summed E-state index contributed by atoms with van der Waals surface area (Å²) in [6.45, 7) is 2.09. The number of hydrogen-bond acceptors (Lipinski definition) is 1. The Bertz CT molecular complexity index is 252. The summed E-state index contributed by atoms with van der Waals surface area (Å²) in [6, 6.07) is 0. The van der Waals surface area contributed by atoms with Crippen LogP contribution in [-0.2, 0) is 0 Å². The van der Waals surface area contributed by atoms with Crippen LogP contribution in [0.5, 0.6) is 0 Å². The van der Waals surface area contributed by atoms with E-state index in [2.05, 4.69) is 13.0 Å². The highest BCUT2D eigenvalue weighted by Crippen LogP contribution is 2.58. The predicted octanol–water partition coefficient (Wildman–Crippen LogP) is 2.50. The smallest absolute Gasteiger partial charge is 0.0864 e. The molecule has 2 unspecified atom stereocenters. The van der Waals surface area contributed by atoms with Crippen LogP contribution < -0.4 is 0 Å². The molecule has 4 saturated carbocycles. The van der Waals surface area contributed by atoms with Crippen LogP contribution in [0.25, 0.3) is 0 Å². The minimum atomic E-state index is -0.372. The average Bonchev–Trinajstić information content (AvgIpc) is 2.00. The molecule has 0 spiro atoms. The van der Waals surface area contributed by atoms with E-state index in [1.54, 1.807) is 0 Å². The van der Waals surface area contributed by atoms with Gasteiger partial charge >= 0.3 is 0 Å². The summed E-state index contributed by atoms with van der Waals surface area (Å²) in [5.41, 5.74) is 1.00. The van der Waals surface area contributed by atoms with Crippen molar-refractivity contribution in [3.63, 3.8) is 0 Å². The van der Waals surface area contributed by atoms with E-state index in [1.165, 1.54) is 24.8 Å². The minimum absolute atomic E-state index is 0.372. The van der Waals surface area contributed by atoms with Crippen LogP contribution in [0.2, 0.25) is 0 Å². The first-order valence-corrected chi connectivity index (χ1v) is 5.60. The Morgan fingerprint density at radius 3 is 2.31 bits per heavy atom. The maximum atomic E-state index is 10.5. The number of allylic oxidation sites excluding steroid dienone is 1. The van der Waals surface area contributed by atoms with Crippen molar-refractivity contribution in [3.05, 3.63) is 11.6 Å². The Labute approximate surface area is 79.8 Å². The maximum absolute atomic E-state index is 10.5. The molecular formula is C12H18O. The van der Waals surface area contributed by atoms with Crippen molar-refractivity contribution in [2.45, 2.75) is 44.6 Å². The Morgan fingerprint density at radius 1 is 1.23 bits per heavy atom. The summed E-state index contributed by atoms with van der Waals surface area (Å²) in [4.78, 5) is 0. The summed E-state index contributed by atoms with van der Waals surface area (Å²) < 4.78 is 0. The van der Waals surface area contributed by atoms with Gasteiger partial charge in [0.2, 0.25) is 0 Å². The molecule has 0 amide bonds. The molecular weight excluding hydrogens is 162 g/mol. The van der Waals surface area contributed by atoms with Crippen molar-refractivity contribution in [2.24, 2.45) is 17.8 Å². The molecule has 72 valence electrons. The second-order valence-electron chi connectivity index (χ2n) is 5.32. The first-order chi connectivity index (χ1) is 6.21. The molecule has 4 aliphatic rings. The van der Waals surface area contributed by atoms with Gasteiger partial charge in [0.25, 0.3) is 0 Å². The van der Waals surface area contributed by atoms with E-state index in [9.17, 15) is 5.11 Å². The summed E-state index contributed by atoms with van der Waals surface area (Å²) in [7, 11) is 0. The first-order valence-electron chi connectivity index (χ1n) is 5.60. The largest absolute Gasteiger partial charge is 0.385 e. The average molecular weight is 180 g/mol. The van der Waals surface area contributed by atoms with Gasteiger partial charge in [-0.15, -0.1) is 0 Å². The van der Waals surface area contributed by atoms with Crippen LogP contribution >= 0.6 is 0 Å². The zero-order valence-corrected chi connectivity index (χ0v) is 8.29. The van der Waals surface area contributed by atoms with E-state index in [-0.39, 0.29) is 5.60 Å². The van der Waals surface area contributed by atoms with Crippen molar-refractivity contribution in [1.29, 1.82) is 0 Å². The van der Waals surface area contributed by atoms with Crippen molar-refractivity contribution in [2.75, 3.05) is 0 Å². The van der Waals surface area contributed by atoms with Gasteiger partial charge in [-0.05, 0) is 62.4 Å². The molecule has 0 saturated heterocycles. The lowest BCUT2D eigenvalue weighted by Gasteiger charge is -2.56. The zero-order valence-electron chi connectivity index (χ0n) is 8.29. The Balaban J connectivity index is 2.03. The Hall–Kier alpha value is -0.300. The van der Waals surface area contributed by atoms with Gasteiger partial charge in [-0.25, -0.2) is 0 Å². The highest BCUT2D eigenvalue weighted by Gasteiger charge is 2.52. The highest BCUT2D eigenvalue weighted by molar-refractivity contribution is 5.27. The van der Waals surface area contributed by atoms with Crippen LogP contribution in [-0.4, -0.2) is 10.7 Å². The number of aliphatic hydroxyl groups is 1.